The van der Waals surface area contributed by atoms with Gasteiger partial charge in [-0.05, 0) is 24.7 Å². The van der Waals surface area contributed by atoms with Gasteiger partial charge in [-0.1, -0.05) is 27.7 Å². The Bertz CT molecular complexity index is 168. The molecule has 0 aromatic heterocycles. The first-order valence-corrected chi connectivity index (χ1v) is 5.39. The third-order valence-corrected chi connectivity index (χ3v) is 2.64. The summed E-state index contributed by atoms with van der Waals surface area (Å²) in [6.07, 6.45) is 0. The molecule has 0 rings (SSSR count). The highest BCUT2D eigenvalue weighted by atomic mass is 16.2. The second kappa shape index (κ2) is 6.02. The van der Waals surface area contributed by atoms with E-state index in [0.717, 1.165) is 6.54 Å². The summed E-state index contributed by atoms with van der Waals surface area (Å²) in [5.74, 6) is 1.64. The molecule has 3 N–H and O–H groups in total. The Morgan fingerprint density at radius 2 is 1.57 bits per heavy atom. The molecule has 0 aromatic carbocycles. The van der Waals surface area contributed by atoms with Crippen LogP contribution in [0.25, 0.3) is 0 Å². The van der Waals surface area contributed by atoms with Crippen molar-refractivity contribution in [1.82, 2.24) is 5.32 Å². The van der Waals surface area contributed by atoms with Crippen molar-refractivity contribution in [2.24, 2.45) is 23.5 Å². The summed E-state index contributed by atoms with van der Waals surface area (Å²) in [6, 6.07) is -0.407. The number of amides is 1. The van der Waals surface area contributed by atoms with E-state index in [1.165, 1.54) is 0 Å². The smallest absolute Gasteiger partial charge is 0.236 e. The Morgan fingerprint density at radius 1 is 1.14 bits per heavy atom. The van der Waals surface area contributed by atoms with Crippen LogP contribution in [0.15, 0.2) is 0 Å². The Kier molecular flexibility index (Phi) is 5.77. The number of carbonyl (C=O) groups excluding carboxylic acids is 1. The highest BCUT2D eigenvalue weighted by Gasteiger charge is 2.18. The van der Waals surface area contributed by atoms with Crippen molar-refractivity contribution in [3.05, 3.63) is 0 Å². The molecular weight excluding hydrogens is 176 g/mol. The molecule has 0 aliphatic heterocycles. The van der Waals surface area contributed by atoms with Crippen molar-refractivity contribution >= 4 is 5.91 Å². The van der Waals surface area contributed by atoms with Crippen molar-refractivity contribution in [2.75, 3.05) is 6.54 Å². The third-order valence-electron chi connectivity index (χ3n) is 2.64. The normalized spacial score (nSPS) is 13.8. The molecule has 0 aliphatic carbocycles. The minimum Gasteiger partial charge on any atom is -0.354 e. The minimum absolute atomic E-state index is 0.0590. The van der Waals surface area contributed by atoms with Crippen LogP contribution < -0.4 is 11.1 Å². The monoisotopic (exact) mass is 200 g/mol. The Labute approximate surface area is 87.4 Å². The number of rotatable bonds is 5. The molecule has 0 bridgehead atoms. The number of hydrogen-bond donors (Lipinski definition) is 2. The summed E-state index contributed by atoms with van der Waals surface area (Å²) in [5.41, 5.74) is 5.46. The first kappa shape index (κ1) is 13.4. The summed E-state index contributed by atoms with van der Waals surface area (Å²) in [4.78, 5) is 11.3. The van der Waals surface area contributed by atoms with Gasteiger partial charge in [-0.2, -0.15) is 0 Å². The molecule has 14 heavy (non-hydrogen) atoms. The van der Waals surface area contributed by atoms with E-state index in [2.05, 4.69) is 33.0 Å². The first-order valence-electron chi connectivity index (χ1n) is 5.39. The number of carbonyl (C=O) groups is 1. The van der Waals surface area contributed by atoms with E-state index in [1.807, 2.05) is 0 Å². The Hall–Kier alpha value is -0.570. The molecule has 3 heteroatoms. The van der Waals surface area contributed by atoms with Gasteiger partial charge in [0.25, 0.3) is 0 Å². The fourth-order valence-corrected chi connectivity index (χ4v) is 1.62. The summed E-state index contributed by atoms with van der Waals surface area (Å²) >= 11 is 0. The molecule has 0 spiro atoms. The molecule has 0 heterocycles. The lowest BCUT2D eigenvalue weighted by atomic mass is 9.85. The van der Waals surface area contributed by atoms with Crippen LogP contribution in [0.1, 0.15) is 34.6 Å². The second-order valence-electron chi connectivity index (χ2n) is 4.69. The van der Waals surface area contributed by atoms with E-state index >= 15 is 0 Å². The maximum atomic E-state index is 11.3. The predicted octanol–water partition coefficient (Wildman–Crippen LogP) is 1.38. The molecule has 0 aromatic rings. The van der Waals surface area contributed by atoms with Crippen LogP contribution >= 0.6 is 0 Å². The number of nitrogens with two attached hydrogens (primary N) is 1. The zero-order chi connectivity index (χ0) is 11.3. The van der Waals surface area contributed by atoms with E-state index in [0.29, 0.717) is 17.8 Å². The van der Waals surface area contributed by atoms with E-state index < -0.39 is 6.04 Å². The highest BCUT2D eigenvalue weighted by Crippen LogP contribution is 2.19. The van der Waals surface area contributed by atoms with E-state index in [-0.39, 0.29) is 5.91 Å². The first-order chi connectivity index (χ1) is 6.36. The molecule has 0 aliphatic rings. The average Bonchev–Trinajstić information content (AvgIpc) is 2.02. The highest BCUT2D eigenvalue weighted by molar-refractivity contribution is 5.80. The number of hydrogen-bond acceptors (Lipinski definition) is 2. The maximum Gasteiger partial charge on any atom is 0.236 e. The van der Waals surface area contributed by atoms with Crippen molar-refractivity contribution in [2.45, 2.75) is 40.7 Å². The Morgan fingerprint density at radius 3 is 1.86 bits per heavy atom. The lowest BCUT2D eigenvalue weighted by molar-refractivity contribution is -0.122. The third kappa shape index (κ3) is 4.61. The predicted molar refractivity (Wildman–Crippen MR) is 59.8 cm³/mol. The number of nitrogens with one attached hydrogen (secondary N) is 1. The lowest BCUT2D eigenvalue weighted by Gasteiger charge is -2.25. The molecule has 0 saturated heterocycles. The van der Waals surface area contributed by atoms with Crippen LogP contribution in [0.2, 0.25) is 0 Å². The maximum absolute atomic E-state index is 11.3. The molecule has 0 unspecified atom stereocenters. The second-order valence-corrected chi connectivity index (χ2v) is 4.69. The average molecular weight is 200 g/mol. The van der Waals surface area contributed by atoms with Gasteiger partial charge in [-0.3, -0.25) is 4.79 Å². The molecular formula is C11H24N2O. The van der Waals surface area contributed by atoms with Crippen LogP contribution in [0.4, 0.5) is 0 Å². The molecule has 84 valence electrons. The van der Waals surface area contributed by atoms with Crippen LogP contribution in [0.5, 0.6) is 0 Å². The summed E-state index contributed by atoms with van der Waals surface area (Å²) in [6.45, 7) is 11.2. The van der Waals surface area contributed by atoms with Gasteiger partial charge in [0.15, 0.2) is 0 Å². The molecule has 1 atom stereocenters. The van der Waals surface area contributed by atoms with Gasteiger partial charge in [-0.25, -0.2) is 0 Å². The van der Waals surface area contributed by atoms with Gasteiger partial charge < -0.3 is 11.1 Å². The van der Waals surface area contributed by atoms with Crippen LogP contribution in [-0.2, 0) is 4.79 Å². The van der Waals surface area contributed by atoms with Crippen molar-refractivity contribution in [3.63, 3.8) is 0 Å². The fourth-order valence-electron chi connectivity index (χ4n) is 1.62. The fraction of sp³-hybridized carbons (Fsp3) is 0.909. The van der Waals surface area contributed by atoms with E-state index in [1.54, 1.807) is 6.92 Å². The molecule has 1 amide bonds. The topological polar surface area (TPSA) is 55.1 Å². The lowest BCUT2D eigenvalue weighted by Crippen LogP contribution is -2.42. The zero-order valence-corrected chi connectivity index (χ0v) is 10.0. The quantitative estimate of drug-likeness (QED) is 0.704. The van der Waals surface area contributed by atoms with Gasteiger partial charge >= 0.3 is 0 Å². The Balaban J connectivity index is 4.01. The standard InChI is InChI=1S/C11H24N2O/c1-7(2)10(8(3)4)6-13-11(14)9(5)12/h7-10H,6,12H2,1-5H3,(H,13,14)/t9-/m1/s1. The largest absolute Gasteiger partial charge is 0.354 e. The minimum atomic E-state index is -0.407. The molecule has 3 nitrogen and oxygen atoms in total. The van der Waals surface area contributed by atoms with Crippen molar-refractivity contribution < 1.29 is 4.79 Å². The zero-order valence-electron chi connectivity index (χ0n) is 10.0. The molecule has 0 radical (unpaired) electrons. The van der Waals surface area contributed by atoms with Crippen molar-refractivity contribution in [3.8, 4) is 0 Å². The van der Waals surface area contributed by atoms with E-state index in [9.17, 15) is 4.79 Å². The van der Waals surface area contributed by atoms with Gasteiger partial charge in [0, 0.05) is 6.54 Å². The SMILES string of the molecule is CC(C)C(CNC(=O)[C@@H](C)N)C(C)C. The van der Waals surface area contributed by atoms with Gasteiger partial charge in [0.1, 0.15) is 0 Å². The van der Waals surface area contributed by atoms with Crippen molar-refractivity contribution in [1.29, 1.82) is 0 Å². The van der Waals surface area contributed by atoms with E-state index in [4.69, 9.17) is 5.73 Å². The van der Waals surface area contributed by atoms with Crippen LogP contribution in [0, 0.1) is 17.8 Å². The summed E-state index contributed by atoms with van der Waals surface area (Å²) < 4.78 is 0. The van der Waals surface area contributed by atoms with Crippen LogP contribution in [0.3, 0.4) is 0 Å². The summed E-state index contributed by atoms with van der Waals surface area (Å²) in [5, 5.41) is 2.88. The van der Waals surface area contributed by atoms with Gasteiger partial charge in [0.05, 0.1) is 6.04 Å². The van der Waals surface area contributed by atoms with Gasteiger partial charge in [0.2, 0.25) is 5.91 Å². The molecule has 0 fully saturated rings. The van der Waals surface area contributed by atoms with Crippen LogP contribution in [-0.4, -0.2) is 18.5 Å². The summed E-state index contributed by atoms with van der Waals surface area (Å²) in [7, 11) is 0. The van der Waals surface area contributed by atoms with Gasteiger partial charge in [-0.15, -0.1) is 0 Å². The molecule has 0 saturated carbocycles.